The molecule has 0 bridgehead atoms. The van der Waals surface area contributed by atoms with Gasteiger partial charge in [0.15, 0.2) is 0 Å². The van der Waals surface area contributed by atoms with Crippen molar-refractivity contribution in [2.24, 2.45) is 0 Å². The number of carbonyl (C=O) groups is 2. The van der Waals surface area contributed by atoms with E-state index in [4.69, 9.17) is 0 Å². The number of amides is 2. The largest absolute Gasteiger partial charge is 0.299 e. The lowest BCUT2D eigenvalue weighted by Gasteiger charge is -2.17. The fraction of sp³-hybridized carbons (Fsp3) is 0.333. The molecular formula is C12H14N2O2. The molecule has 1 fully saturated rings. The summed E-state index contributed by atoms with van der Waals surface area (Å²) < 4.78 is 0. The number of imide groups is 1. The van der Waals surface area contributed by atoms with Gasteiger partial charge in [0.25, 0.3) is 0 Å². The SMILES string of the molecule is C[C@H](NC1CC(=O)NC1=O)c1ccccc1. The van der Waals surface area contributed by atoms with Crippen LogP contribution in [0.4, 0.5) is 0 Å². The molecule has 1 aliphatic rings. The lowest BCUT2D eigenvalue weighted by Crippen LogP contribution is -2.37. The van der Waals surface area contributed by atoms with Crippen molar-refractivity contribution >= 4 is 11.8 Å². The highest BCUT2D eigenvalue weighted by Gasteiger charge is 2.31. The number of hydrogen-bond acceptors (Lipinski definition) is 3. The molecule has 0 spiro atoms. The quantitative estimate of drug-likeness (QED) is 0.736. The van der Waals surface area contributed by atoms with Gasteiger partial charge in [-0.2, -0.15) is 0 Å². The molecule has 1 heterocycles. The summed E-state index contributed by atoms with van der Waals surface area (Å²) in [5, 5.41) is 5.43. The second-order valence-corrected chi connectivity index (χ2v) is 3.97. The maximum atomic E-state index is 11.4. The van der Waals surface area contributed by atoms with Crippen molar-refractivity contribution < 1.29 is 9.59 Å². The Hall–Kier alpha value is -1.68. The predicted octanol–water partition coefficient (Wildman–Crippen LogP) is 0.752. The lowest BCUT2D eigenvalue weighted by molar-refractivity contribution is -0.125. The minimum atomic E-state index is -0.400. The Bertz CT molecular complexity index is 403. The average molecular weight is 218 g/mol. The van der Waals surface area contributed by atoms with Crippen LogP contribution in [0.3, 0.4) is 0 Å². The monoisotopic (exact) mass is 218 g/mol. The van der Waals surface area contributed by atoms with Crippen LogP contribution in [0, 0.1) is 0 Å². The van der Waals surface area contributed by atoms with Crippen LogP contribution >= 0.6 is 0 Å². The van der Waals surface area contributed by atoms with Crippen LogP contribution in [0.2, 0.25) is 0 Å². The zero-order valence-electron chi connectivity index (χ0n) is 9.07. The molecule has 1 saturated heterocycles. The highest BCUT2D eigenvalue weighted by atomic mass is 16.2. The van der Waals surface area contributed by atoms with Crippen molar-refractivity contribution in [3.05, 3.63) is 35.9 Å². The summed E-state index contributed by atoms with van der Waals surface area (Å²) in [6, 6.07) is 9.49. The van der Waals surface area contributed by atoms with E-state index < -0.39 is 6.04 Å². The van der Waals surface area contributed by atoms with Crippen LogP contribution in [0.5, 0.6) is 0 Å². The van der Waals surface area contributed by atoms with E-state index >= 15 is 0 Å². The van der Waals surface area contributed by atoms with Crippen LogP contribution in [-0.4, -0.2) is 17.9 Å². The third-order valence-electron chi connectivity index (χ3n) is 2.72. The smallest absolute Gasteiger partial charge is 0.244 e. The summed E-state index contributed by atoms with van der Waals surface area (Å²) in [6.45, 7) is 1.98. The first-order valence-corrected chi connectivity index (χ1v) is 5.31. The van der Waals surface area contributed by atoms with Gasteiger partial charge in [0.05, 0.1) is 12.5 Å². The summed E-state index contributed by atoms with van der Waals surface area (Å²) in [7, 11) is 0. The Morgan fingerprint density at radius 3 is 2.56 bits per heavy atom. The van der Waals surface area contributed by atoms with Crippen molar-refractivity contribution in [2.75, 3.05) is 0 Å². The van der Waals surface area contributed by atoms with Crippen molar-refractivity contribution in [1.29, 1.82) is 0 Å². The number of hydrogen-bond donors (Lipinski definition) is 2. The molecule has 2 N–H and O–H groups in total. The first-order valence-electron chi connectivity index (χ1n) is 5.31. The second kappa shape index (κ2) is 4.45. The van der Waals surface area contributed by atoms with E-state index in [1.54, 1.807) is 0 Å². The van der Waals surface area contributed by atoms with Crippen molar-refractivity contribution in [2.45, 2.75) is 25.4 Å². The van der Waals surface area contributed by atoms with Gasteiger partial charge < -0.3 is 0 Å². The van der Waals surface area contributed by atoms with Crippen molar-refractivity contribution in [3.63, 3.8) is 0 Å². The standard InChI is InChI=1S/C12H14N2O2/c1-8(9-5-3-2-4-6-9)13-10-7-11(15)14-12(10)16/h2-6,8,10,13H,7H2,1H3,(H,14,15,16)/t8-,10?/m0/s1. The third kappa shape index (κ3) is 2.28. The molecule has 1 aromatic rings. The molecule has 0 aromatic heterocycles. The molecular weight excluding hydrogens is 204 g/mol. The fourth-order valence-corrected chi connectivity index (χ4v) is 1.83. The Morgan fingerprint density at radius 1 is 1.31 bits per heavy atom. The summed E-state index contributed by atoms with van der Waals surface area (Å²) in [5.41, 5.74) is 1.11. The Morgan fingerprint density at radius 2 is 2.00 bits per heavy atom. The molecule has 2 atom stereocenters. The fourth-order valence-electron chi connectivity index (χ4n) is 1.83. The second-order valence-electron chi connectivity index (χ2n) is 3.97. The van der Waals surface area contributed by atoms with Gasteiger partial charge in [0, 0.05) is 6.04 Å². The first kappa shape index (κ1) is 10.8. The molecule has 0 radical (unpaired) electrons. The number of rotatable bonds is 3. The summed E-state index contributed by atoms with van der Waals surface area (Å²) in [5.74, 6) is -0.435. The highest BCUT2D eigenvalue weighted by molar-refractivity contribution is 6.05. The van der Waals surface area contributed by atoms with Gasteiger partial charge in [-0.15, -0.1) is 0 Å². The van der Waals surface area contributed by atoms with Crippen LogP contribution < -0.4 is 10.6 Å². The summed E-state index contributed by atoms with van der Waals surface area (Å²) in [4.78, 5) is 22.4. The molecule has 1 unspecified atom stereocenters. The lowest BCUT2D eigenvalue weighted by atomic mass is 10.1. The van der Waals surface area contributed by atoms with E-state index in [9.17, 15) is 9.59 Å². The maximum Gasteiger partial charge on any atom is 0.244 e. The molecule has 0 saturated carbocycles. The highest BCUT2D eigenvalue weighted by Crippen LogP contribution is 2.14. The van der Waals surface area contributed by atoms with Gasteiger partial charge in [0.2, 0.25) is 11.8 Å². The molecule has 84 valence electrons. The van der Waals surface area contributed by atoms with Gasteiger partial charge in [0.1, 0.15) is 0 Å². The van der Waals surface area contributed by atoms with Gasteiger partial charge in [-0.25, -0.2) is 0 Å². The Kier molecular flexibility index (Phi) is 3.01. The zero-order chi connectivity index (χ0) is 11.5. The Balaban J connectivity index is 2.00. The predicted molar refractivity (Wildman–Crippen MR) is 59.5 cm³/mol. The number of carbonyl (C=O) groups excluding carboxylic acids is 2. The van der Waals surface area contributed by atoms with E-state index in [0.717, 1.165) is 5.56 Å². The third-order valence-corrected chi connectivity index (χ3v) is 2.72. The Labute approximate surface area is 94.0 Å². The van der Waals surface area contributed by atoms with Gasteiger partial charge in [-0.1, -0.05) is 30.3 Å². The molecule has 0 aliphatic carbocycles. The molecule has 4 nitrogen and oxygen atoms in total. The normalized spacial score (nSPS) is 21.9. The van der Waals surface area contributed by atoms with Crippen molar-refractivity contribution in [3.8, 4) is 0 Å². The summed E-state index contributed by atoms with van der Waals surface area (Å²) in [6.07, 6.45) is 0.232. The van der Waals surface area contributed by atoms with E-state index in [-0.39, 0.29) is 24.3 Å². The molecule has 1 aromatic carbocycles. The molecule has 2 amide bonds. The topological polar surface area (TPSA) is 58.2 Å². The van der Waals surface area contributed by atoms with Crippen LogP contribution in [0.25, 0.3) is 0 Å². The zero-order valence-corrected chi connectivity index (χ0v) is 9.07. The van der Waals surface area contributed by atoms with Crippen molar-refractivity contribution in [1.82, 2.24) is 10.6 Å². The van der Waals surface area contributed by atoms with Crippen LogP contribution in [-0.2, 0) is 9.59 Å². The van der Waals surface area contributed by atoms with Gasteiger partial charge in [-0.05, 0) is 12.5 Å². The van der Waals surface area contributed by atoms with Crippen LogP contribution in [0.1, 0.15) is 24.9 Å². The molecule has 16 heavy (non-hydrogen) atoms. The number of nitrogens with one attached hydrogen (secondary N) is 2. The van der Waals surface area contributed by atoms with Gasteiger partial charge >= 0.3 is 0 Å². The van der Waals surface area contributed by atoms with E-state index in [1.807, 2.05) is 37.3 Å². The van der Waals surface area contributed by atoms with E-state index in [1.165, 1.54) is 0 Å². The van der Waals surface area contributed by atoms with E-state index in [2.05, 4.69) is 10.6 Å². The minimum Gasteiger partial charge on any atom is -0.299 e. The average Bonchev–Trinajstić information content (AvgIpc) is 2.59. The minimum absolute atomic E-state index is 0.0582. The number of benzene rings is 1. The molecule has 2 rings (SSSR count). The molecule has 1 aliphatic heterocycles. The van der Waals surface area contributed by atoms with Crippen LogP contribution in [0.15, 0.2) is 30.3 Å². The first-order chi connectivity index (χ1) is 7.66. The summed E-state index contributed by atoms with van der Waals surface area (Å²) >= 11 is 0. The maximum absolute atomic E-state index is 11.4. The van der Waals surface area contributed by atoms with E-state index in [0.29, 0.717) is 0 Å². The molecule has 4 heteroatoms. The van der Waals surface area contributed by atoms with Gasteiger partial charge in [-0.3, -0.25) is 20.2 Å².